The number of nitrogens with zero attached hydrogens (tertiary/aromatic N) is 2. The number of amides is 2. The molecule has 2 aliphatic heterocycles. The van der Waals surface area contributed by atoms with E-state index in [1.807, 2.05) is 0 Å². The molecule has 8 heteroatoms. The number of halogens is 2. The zero-order chi connectivity index (χ0) is 16.1. The molecule has 1 atom stereocenters. The Labute approximate surface area is 121 Å². The van der Waals surface area contributed by atoms with Crippen LogP contribution in [-0.2, 0) is 4.74 Å². The standard InChI is InChI=1S/C13H20F2N2O4/c1-11(2,3)21-10(20)16-6-4-5-12(7-16)13(14,15)8-17(12)9(18)19/h4-8H2,1-3H3,(H,18,19). The van der Waals surface area contributed by atoms with Crippen molar-refractivity contribution < 1.29 is 28.2 Å². The maximum Gasteiger partial charge on any atom is 0.410 e. The molecule has 6 nitrogen and oxygen atoms in total. The van der Waals surface area contributed by atoms with Crippen LogP contribution in [0.4, 0.5) is 18.4 Å². The van der Waals surface area contributed by atoms with Crippen LogP contribution in [-0.4, -0.2) is 63.8 Å². The van der Waals surface area contributed by atoms with Crippen molar-refractivity contribution in [2.24, 2.45) is 0 Å². The minimum absolute atomic E-state index is 0.0472. The molecular weight excluding hydrogens is 286 g/mol. The summed E-state index contributed by atoms with van der Waals surface area (Å²) >= 11 is 0. The smallest absolute Gasteiger partial charge is 0.410 e. The highest BCUT2D eigenvalue weighted by molar-refractivity contribution is 5.71. The molecule has 0 aromatic rings. The van der Waals surface area contributed by atoms with Crippen LogP contribution in [0.15, 0.2) is 0 Å². The molecule has 2 amide bonds. The van der Waals surface area contributed by atoms with Gasteiger partial charge in [0.25, 0.3) is 5.92 Å². The highest BCUT2D eigenvalue weighted by atomic mass is 19.3. The zero-order valence-electron chi connectivity index (χ0n) is 12.4. The van der Waals surface area contributed by atoms with Gasteiger partial charge in [-0.3, -0.25) is 4.90 Å². The van der Waals surface area contributed by atoms with E-state index in [4.69, 9.17) is 9.84 Å². The summed E-state index contributed by atoms with van der Waals surface area (Å²) in [4.78, 5) is 25.0. The van der Waals surface area contributed by atoms with Gasteiger partial charge in [0.15, 0.2) is 0 Å². The normalized spacial score (nSPS) is 28.2. The Morgan fingerprint density at radius 2 is 1.86 bits per heavy atom. The van der Waals surface area contributed by atoms with Crippen molar-refractivity contribution in [3.63, 3.8) is 0 Å². The molecule has 0 radical (unpaired) electrons. The minimum atomic E-state index is -3.12. The lowest BCUT2D eigenvalue weighted by molar-refractivity contribution is -0.243. The molecule has 21 heavy (non-hydrogen) atoms. The van der Waals surface area contributed by atoms with Crippen LogP contribution < -0.4 is 0 Å². The number of ether oxygens (including phenoxy) is 1. The fraction of sp³-hybridized carbons (Fsp3) is 0.846. The predicted molar refractivity (Wildman–Crippen MR) is 69.4 cm³/mol. The molecule has 2 aliphatic rings. The van der Waals surface area contributed by atoms with E-state index < -0.39 is 35.8 Å². The molecule has 2 fully saturated rings. The number of piperidine rings is 1. The summed E-state index contributed by atoms with van der Waals surface area (Å²) in [6.07, 6.45) is -1.70. The topological polar surface area (TPSA) is 70.1 Å². The van der Waals surface area contributed by atoms with Gasteiger partial charge in [-0.05, 0) is 33.6 Å². The van der Waals surface area contributed by atoms with Gasteiger partial charge in [-0.2, -0.15) is 0 Å². The summed E-state index contributed by atoms with van der Waals surface area (Å²) < 4.78 is 33.1. The van der Waals surface area contributed by atoms with E-state index in [-0.39, 0.29) is 13.0 Å². The van der Waals surface area contributed by atoms with Gasteiger partial charge in [0, 0.05) is 6.54 Å². The third-order valence-corrected chi connectivity index (χ3v) is 3.91. The zero-order valence-corrected chi connectivity index (χ0v) is 12.4. The molecule has 1 spiro atoms. The van der Waals surface area contributed by atoms with Crippen LogP contribution in [0.5, 0.6) is 0 Å². The Kier molecular flexibility index (Phi) is 3.54. The molecule has 1 unspecified atom stereocenters. The van der Waals surface area contributed by atoms with E-state index in [2.05, 4.69) is 0 Å². The van der Waals surface area contributed by atoms with Crippen LogP contribution in [0.3, 0.4) is 0 Å². The summed E-state index contributed by atoms with van der Waals surface area (Å²) in [6, 6.07) is 0. The number of alkyl halides is 2. The van der Waals surface area contributed by atoms with Crippen molar-refractivity contribution in [2.45, 2.75) is 50.7 Å². The average molecular weight is 306 g/mol. The number of hydrogen-bond acceptors (Lipinski definition) is 3. The van der Waals surface area contributed by atoms with Gasteiger partial charge < -0.3 is 14.7 Å². The monoisotopic (exact) mass is 306 g/mol. The number of rotatable bonds is 0. The SMILES string of the molecule is CC(C)(C)OC(=O)N1CCCC2(C1)N(C(=O)O)CC2(F)F. The van der Waals surface area contributed by atoms with Crippen molar-refractivity contribution in [3.8, 4) is 0 Å². The van der Waals surface area contributed by atoms with E-state index in [1.165, 1.54) is 4.90 Å². The maximum absolute atomic E-state index is 14.0. The van der Waals surface area contributed by atoms with Gasteiger partial charge in [0.05, 0.1) is 13.1 Å². The van der Waals surface area contributed by atoms with Gasteiger partial charge in [-0.1, -0.05) is 0 Å². The van der Waals surface area contributed by atoms with E-state index in [0.717, 1.165) is 4.90 Å². The second kappa shape index (κ2) is 4.71. The Hall–Kier alpha value is -1.60. The first kappa shape index (κ1) is 15.8. The molecule has 0 aliphatic carbocycles. The first-order chi connectivity index (χ1) is 9.48. The number of likely N-dealkylation sites (tertiary alicyclic amines) is 2. The van der Waals surface area contributed by atoms with Crippen LogP contribution in [0.2, 0.25) is 0 Å². The fourth-order valence-corrected chi connectivity index (χ4v) is 2.89. The molecule has 0 aromatic carbocycles. The molecule has 1 N–H and O–H groups in total. The van der Waals surface area contributed by atoms with Gasteiger partial charge in [0.2, 0.25) is 0 Å². The van der Waals surface area contributed by atoms with E-state index in [0.29, 0.717) is 13.0 Å². The summed E-state index contributed by atoms with van der Waals surface area (Å²) in [7, 11) is 0. The van der Waals surface area contributed by atoms with Crippen molar-refractivity contribution >= 4 is 12.2 Å². The van der Waals surface area contributed by atoms with Gasteiger partial charge in [-0.25, -0.2) is 18.4 Å². The first-order valence-electron chi connectivity index (χ1n) is 6.85. The predicted octanol–water partition coefficient (Wildman–Crippen LogP) is 2.38. The Morgan fingerprint density at radius 3 is 2.33 bits per heavy atom. The highest BCUT2D eigenvalue weighted by Crippen LogP contribution is 2.49. The quantitative estimate of drug-likeness (QED) is 0.746. The van der Waals surface area contributed by atoms with Crippen LogP contribution >= 0.6 is 0 Å². The first-order valence-corrected chi connectivity index (χ1v) is 6.85. The second-order valence-corrected chi connectivity index (χ2v) is 6.61. The largest absolute Gasteiger partial charge is 0.465 e. The van der Waals surface area contributed by atoms with Crippen molar-refractivity contribution in [2.75, 3.05) is 19.6 Å². The van der Waals surface area contributed by atoms with E-state index >= 15 is 0 Å². The molecule has 0 saturated carbocycles. The second-order valence-electron chi connectivity index (χ2n) is 6.61. The van der Waals surface area contributed by atoms with Crippen LogP contribution in [0.1, 0.15) is 33.6 Å². The average Bonchev–Trinajstić information content (AvgIpc) is 2.34. The Bertz CT molecular complexity index is 464. The molecule has 0 aromatic heterocycles. The molecule has 2 heterocycles. The summed E-state index contributed by atoms with van der Waals surface area (Å²) in [5.41, 5.74) is -2.54. The lowest BCUT2D eigenvalue weighted by Crippen LogP contribution is -2.80. The summed E-state index contributed by atoms with van der Waals surface area (Å²) in [5, 5.41) is 9.05. The number of carbonyl (C=O) groups excluding carboxylic acids is 1. The molecular formula is C13H20F2N2O4. The van der Waals surface area contributed by atoms with Crippen molar-refractivity contribution in [1.29, 1.82) is 0 Å². The lowest BCUT2D eigenvalue weighted by Gasteiger charge is -2.59. The Morgan fingerprint density at radius 1 is 1.24 bits per heavy atom. The van der Waals surface area contributed by atoms with E-state index in [9.17, 15) is 18.4 Å². The number of hydrogen-bond donors (Lipinski definition) is 1. The fourth-order valence-electron chi connectivity index (χ4n) is 2.89. The van der Waals surface area contributed by atoms with Gasteiger partial charge in [-0.15, -0.1) is 0 Å². The maximum atomic E-state index is 14.0. The number of carboxylic acid groups (broad SMARTS) is 1. The molecule has 0 bridgehead atoms. The van der Waals surface area contributed by atoms with Crippen LogP contribution in [0.25, 0.3) is 0 Å². The molecule has 120 valence electrons. The van der Waals surface area contributed by atoms with Crippen molar-refractivity contribution in [1.82, 2.24) is 9.80 Å². The van der Waals surface area contributed by atoms with Gasteiger partial charge in [0.1, 0.15) is 11.1 Å². The van der Waals surface area contributed by atoms with E-state index in [1.54, 1.807) is 20.8 Å². The number of carbonyl (C=O) groups is 2. The minimum Gasteiger partial charge on any atom is -0.465 e. The molecule has 2 rings (SSSR count). The van der Waals surface area contributed by atoms with Crippen LogP contribution in [0, 0.1) is 0 Å². The van der Waals surface area contributed by atoms with Gasteiger partial charge >= 0.3 is 12.2 Å². The third kappa shape index (κ3) is 2.63. The van der Waals surface area contributed by atoms with Crippen molar-refractivity contribution in [3.05, 3.63) is 0 Å². The lowest BCUT2D eigenvalue weighted by atomic mass is 9.74. The highest BCUT2D eigenvalue weighted by Gasteiger charge is 2.70. The summed E-state index contributed by atoms with van der Waals surface area (Å²) in [6.45, 7) is 4.20. The third-order valence-electron chi connectivity index (χ3n) is 3.91. The summed E-state index contributed by atoms with van der Waals surface area (Å²) in [5.74, 6) is -3.12. The Balaban J connectivity index is 2.16. The molecule has 2 saturated heterocycles.